The molecule has 1 saturated carbocycles. The van der Waals surface area contributed by atoms with Crippen molar-refractivity contribution in [3.63, 3.8) is 0 Å². The summed E-state index contributed by atoms with van der Waals surface area (Å²) in [6.07, 6.45) is 3.58. The average molecular weight is 312 g/mol. The van der Waals surface area contributed by atoms with Crippen LogP contribution < -0.4 is 10.5 Å². The van der Waals surface area contributed by atoms with E-state index in [0.717, 1.165) is 31.4 Å². The number of sulfonamides is 1. The van der Waals surface area contributed by atoms with Gasteiger partial charge in [0.1, 0.15) is 0 Å². The Balaban J connectivity index is 1.63. The summed E-state index contributed by atoms with van der Waals surface area (Å²) in [4.78, 5) is 0.127. The first-order chi connectivity index (χ1) is 9.97. The van der Waals surface area contributed by atoms with Crippen LogP contribution in [0.2, 0.25) is 0 Å². The van der Waals surface area contributed by atoms with Gasteiger partial charge in [-0.3, -0.25) is 0 Å². The van der Waals surface area contributed by atoms with Crippen LogP contribution >= 0.6 is 0 Å². The lowest BCUT2D eigenvalue weighted by atomic mass is 9.90. The smallest absolute Gasteiger partial charge is 0.238 e. The molecule has 1 heterocycles. The van der Waals surface area contributed by atoms with Crippen molar-refractivity contribution in [3.05, 3.63) is 24.3 Å². The zero-order chi connectivity index (χ0) is 14.9. The number of hydrogen-bond acceptors (Lipinski definition) is 5. The minimum absolute atomic E-state index is 0.127. The molecular weight excluding hydrogens is 292 g/mol. The summed E-state index contributed by atoms with van der Waals surface area (Å²) >= 11 is 0. The predicted molar refractivity (Wildman–Crippen MR) is 78.3 cm³/mol. The number of nitrogens with one attached hydrogen (secondary N) is 1. The number of nitrogens with two attached hydrogens (primary N) is 1. The van der Waals surface area contributed by atoms with Crippen LogP contribution in [0.25, 0.3) is 0 Å². The van der Waals surface area contributed by atoms with Crippen LogP contribution in [-0.2, 0) is 19.5 Å². The standard InChI is InChI=1S/C14H20N2O4S/c15-21(17,18)13-3-1-2-12(10-13)16-11-4-6-14(7-5-11)19-8-9-20-14/h1-3,10-11,16H,4-9H2,(H2,15,17,18). The molecule has 6 nitrogen and oxygen atoms in total. The summed E-state index contributed by atoms with van der Waals surface area (Å²) in [7, 11) is -3.66. The summed E-state index contributed by atoms with van der Waals surface area (Å²) < 4.78 is 34.1. The first kappa shape index (κ1) is 14.8. The van der Waals surface area contributed by atoms with Gasteiger partial charge in [0, 0.05) is 24.6 Å². The maximum Gasteiger partial charge on any atom is 0.238 e. The Hall–Kier alpha value is -1.15. The quantitative estimate of drug-likeness (QED) is 0.881. The lowest BCUT2D eigenvalue weighted by molar-refractivity contribution is -0.177. The fraction of sp³-hybridized carbons (Fsp3) is 0.571. The maximum atomic E-state index is 11.4. The van der Waals surface area contributed by atoms with Gasteiger partial charge in [-0.1, -0.05) is 6.07 Å². The lowest BCUT2D eigenvalue weighted by Gasteiger charge is -2.36. The van der Waals surface area contributed by atoms with Gasteiger partial charge < -0.3 is 14.8 Å². The van der Waals surface area contributed by atoms with Gasteiger partial charge in [-0.2, -0.15) is 0 Å². The minimum Gasteiger partial charge on any atom is -0.382 e. The SMILES string of the molecule is NS(=O)(=O)c1cccc(NC2CCC3(CC2)OCCO3)c1. The van der Waals surface area contributed by atoms with Crippen molar-refractivity contribution >= 4 is 15.7 Å². The van der Waals surface area contributed by atoms with Crippen LogP contribution in [0.4, 0.5) is 5.69 Å². The molecule has 0 amide bonds. The molecule has 21 heavy (non-hydrogen) atoms. The third-order valence-corrected chi connectivity index (χ3v) is 5.01. The van der Waals surface area contributed by atoms with E-state index in [0.29, 0.717) is 19.3 Å². The average Bonchev–Trinajstić information content (AvgIpc) is 2.90. The molecule has 0 unspecified atom stereocenters. The van der Waals surface area contributed by atoms with Crippen LogP contribution in [0.5, 0.6) is 0 Å². The van der Waals surface area contributed by atoms with Gasteiger partial charge in [0.05, 0.1) is 18.1 Å². The monoisotopic (exact) mass is 312 g/mol. The molecule has 116 valence electrons. The number of ether oxygens (including phenoxy) is 2. The van der Waals surface area contributed by atoms with Crippen molar-refractivity contribution in [1.29, 1.82) is 0 Å². The topological polar surface area (TPSA) is 90.7 Å². The highest BCUT2D eigenvalue weighted by atomic mass is 32.2. The zero-order valence-corrected chi connectivity index (χ0v) is 12.6. The highest BCUT2D eigenvalue weighted by Gasteiger charge is 2.40. The van der Waals surface area contributed by atoms with E-state index in [9.17, 15) is 8.42 Å². The van der Waals surface area contributed by atoms with Gasteiger partial charge in [-0.15, -0.1) is 0 Å². The van der Waals surface area contributed by atoms with Gasteiger partial charge in [0.2, 0.25) is 10.0 Å². The second-order valence-corrected chi connectivity index (χ2v) is 7.16. The molecule has 3 rings (SSSR count). The van der Waals surface area contributed by atoms with Gasteiger partial charge in [0.25, 0.3) is 0 Å². The first-order valence-electron chi connectivity index (χ1n) is 7.14. The molecule has 1 aliphatic heterocycles. The third-order valence-electron chi connectivity index (χ3n) is 4.09. The molecule has 0 aromatic heterocycles. The van der Waals surface area contributed by atoms with Crippen LogP contribution in [0.1, 0.15) is 25.7 Å². The molecule has 0 atom stereocenters. The van der Waals surface area contributed by atoms with E-state index < -0.39 is 10.0 Å². The molecule has 1 saturated heterocycles. The van der Waals surface area contributed by atoms with Crippen molar-refractivity contribution in [1.82, 2.24) is 0 Å². The number of anilines is 1. The number of primary sulfonamides is 1. The van der Waals surface area contributed by atoms with Gasteiger partial charge >= 0.3 is 0 Å². The molecule has 2 aliphatic rings. The van der Waals surface area contributed by atoms with E-state index >= 15 is 0 Å². The Kier molecular flexibility index (Phi) is 3.92. The highest BCUT2D eigenvalue weighted by Crippen LogP contribution is 2.36. The van der Waals surface area contributed by atoms with Crippen molar-refractivity contribution in [2.45, 2.75) is 42.4 Å². The van der Waals surface area contributed by atoms with Crippen LogP contribution in [0.15, 0.2) is 29.2 Å². The molecule has 0 bridgehead atoms. The fourth-order valence-corrected chi connectivity index (χ4v) is 3.55. The summed E-state index contributed by atoms with van der Waals surface area (Å²) in [6.45, 7) is 1.35. The van der Waals surface area contributed by atoms with Crippen molar-refractivity contribution in [2.24, 2.45) is 5.14 Å². The van der Waals surface area contributed by atoms with Crippen molar-refractivity contribution in [2.75, 3.05) is 18.5 Å². The van der Waals surface area contributed by atoms with Crippen LogP contribution in [0, 0.1) is 0 Å². The van der Waals surface area contributed by atoms with Crippen molar-refractivity contribution in [3.8, 4) is 0 Å². The summed E-state index contributed by atoms with van der Waals surface area (Å²) in [6, 6.07) is 6.90. The predicted octanol–water partition coefficient (Wildman–Crippen LogP) is 1.43. The molecule has 1 aromatic carbocycles. The second kappa shape index (κ2) is 5.57. The molecular formula is C14H20N2O4S. The Morgan fingerprint density at radius 3 is 2.48 bits per heavy atom. The summed E-state index contributed by atoms with van der Waals surface area (Å²) in [5, 5.41) is 8.52. The van der Waals surface area contributed by atoms with E-state index in [1.54, 1.807) is 12.1 Å². The summed E-state index contributed by atoms with van der Waals surface area (Å²) in [5.74, 6) is -0.374. The van der Waals surface area contributed by atoms with E-state index in [1.165, 1.54) is 6.07 Å². The lowest BCUT2D eigenvalue weighted by Crippen LogP contribution is -2.39. The largest absolute Gasteiger partial charge is 0.382 e. The van der Waals surface area contributed by atoms with E-state index in [4.69, 9.17) is 14.6 Å². The Morgan fingerprint density at radius 2 is 1.86 bits per heavy atom. The molecule has 2 fully saturated rings. The van der Waals surface area contributed by atoms with Gasteiger partial charge in [-0.25, -0.2) is 13.6 Å². The Bertz CT molecular complexity index is 601. The van der Waals surface area contributed by atoms with Gasteiger partial charge in [-0.05, 0) is 31.0 Å². The minimum atomic E-state index is -3.66. The Labute approximate surface area is 124 Å². The maximum absolute atomic E-state index is 11.4. The van der Waals surface area contributed by atoms with Crippen LogP contribution in [-0.4, -0.2) is 33.5 Å². The summed E-state index contributed by atoms with van der Waals surface area (Å²) in [5.41, 5.74) is 0.774. The number of benzene rings is 1. The van der Waals surface area contributed by atoms with E-state index in [2.05, 4.69) is 5.32 Å². The highest BCUT2D eigenvalue weighted by molar-refractivity contribution is 7.89. The first-order valence-corrected chi connectivity index (χ1v) is 8.69. The van der Waals surface area contributed by atoms with Crippen LogP contribution in [0.3, 0.4) is 0 Å². The fourth-order valence-electron chi connectivity index (χ4n) is 2.99. The number of rotatable bonds is 3. The second-order valence-electron chi connectivity index (χ2n) is 5.60. The zero-order valence-electron chi connectivity index (χ0n) is 11.7. The molecule has 7 heteroatoms. The van der Waals surface area contributed by atoms with Crippen molar-refractivity contribution < 1.29 is 17.9 Å². The molecule has 1 aromatic rings. The molecule has 1 aliphatic carbocycles. The van der Waals surface area contributed by atoms with E-state index in [1.807, 2.05) is 6.07 Å². The van der Waals surface area contributed by atoms with Gasteiger partial charge in [0.15, 0.2) is 5.79 Å². The van der Waals surface area contributed by atoms with E-state index in [-0.39, 0.29) is 10.7 Å². The number of hydrogen-bond donors (Lipinski definition) is 2. The molecule has 0 radical (unpaired) electrons. The molecule has 1 spiro atoms. The third kappa shape index (κ3) is 3.37. The Morgan fingerprint density at radius 1 is 1.19 bits per heavy atom. The molecule has 3 N–H and O–H groups in total. The normalized spacial score (nSPS) is 22.5.